The van der Waals surface area contributed by atoms with Gasteiger partial charge in [0.15, 0.2) is 16.6 Å². The van der Waals surface area contributed by atoms with Gasteiger partial charge >= 0.3 is 0 Å². The molecule has 0 bridgehead atoms. The van der Waals surface area contributed by atoms with Gasteiger partial charge in [0.25, 0.3) is 5.91 Å². The summed E-state index contributed by atoms with van der Waals surface area (Å²) < 4.78 is 17.0. The van der Waals surface area contributed by atoms with Crippen molar-refractivity contribution in [3.05, 3.63) is 54.1 Å². The molecule has 32 heavy (non-hydrogen) atoms. The number of phenols is 1. The first-order valence-corrected chi connectivity index (χ1v) is 10.8. The zero-order valence-electron chi connectivity index (χ0n) is 18.2. The normalized spacial score (nSPS) is 10.5. The molecular weight excluding hydrogens is 428 g/mol. The Balaban J connectivity index is 1.82. The fraction of sp³-hybridized carbons (Fsp3) is 0.250. The summed E-state index contributed by atoms with van der Waals surface area (Å²) in [5.74, 6) is 1.09. The molecule has 0 aromatic heterocycles. The van der Waals surface area contributed by atoms with Gasteiger partial charge < -0.3 is 24.6 Å². The number of carbonyl (C=O) groups is 1. The molecule has 0 saturated heterocycles. The van der Waals surface area contributed by atoms with Gasteiger partial charge in [-0.1, -0.05) is 12.1 Å². The smallest absolute Gasteiger partial charge is 0.257 e. The first-order chi connectivity index (χ1) is 15.5. The van der Waals surface area contributed by atoms with Crippen LogP contribution in [0.1, 0.15) is 31.1 Å². The van der Waals surface area contributed by atoms with Crippen LogP contribution in [0.25, 0.3) is 10.8 Å². The van der Waals surface area contributed by atoms with Crippen LogP contribution in [0.2, 0.25) is 0 Å². The molecule has 0 aliphatic rings. The lowest BCUT2D eigenvalue weighted by molar-refractivity contribution is 0.0976. The highest BCUT2D eigenvalue weighted by atomic mass is 32.1. The average Bonchev–Trinajstić information content (AvgIpc) is 2.76. The van der Waals surface area contributed by atoms with Gasteiger partial charge in [-0.15, -0.1) is 0 Å². The maximum Gasteiger partial charge on any atom is 0.257 e. The van der Waals surface area contributed by atoms with Gasteiger partial charge in [0, 0.05) is 16.6 Å². The number of benzene rings is 3. The number of aromatic hydroxyl groups is 1. The number of amides is 1. The third kappa shape index (κ3) is 5.39. The topological polar surface area (TPSA) is 89.1 Å². The van der Waals surface area contributed by atoms with E-state index in [1.54, 1.807) is 30.3 Å². The lowest BCUT2D eigenvalue weighted by atomic mass is 10.1. The zero-order valence-corrected chi connectivity index (χ0v) is 19.0. The summed E-state index contributed by atoms with van der Waals surface area (Å²) in [6.07, 6.45) is 0. The van der Waals surface area contributed by atoms with E-state index in [2.05, 4.69) is 10.6 Å². The fourth-order valence-electron chi connectivity index (χ4n) is 3.23. The third-order valence-electron chi connectivity index (χ3n) is 4.51. The summed E-state index contributed by atoms with van der Waals surface area (Å²) in [7, 11) is 0. The van der Waals surface area contributed by atoms with Crippen LogP contribution in [-0.4, -0.2) is 35.9 Å². The molecule has 3 rings (SSSR count). The molecule has 0 atom stereocenters. The highest BCUT2D eigenvalue weighted by Gasteiger charge is 2.19. The summed E-state index contributed by atoms with van der Waals surface area (Å²) in [6, 6.07) is 13.8. The number of rotatable bonds is 8. The largest absolute Gasteiger partial charge is 0.508 e. The van der Waals surface area contributed by atoms with Gasteiger partial charge in [-0.3, -0.25) is 10.1 Å². The van der Waals surface area contributed by atoms with Crippen LogP contribution < -0.4 is 24.8 Å². The number of hydrogen-bond acceptors (Lipinski definition) is 6. The van der Waals surface area contributed by atoms with Crippen molar-refractivity contribution in [2.45, 2.75) is 20.8 Å². The molecule has 0 radical (unpaired) electrons. The zero-order chi connectivity index (χ0) is 23.1. The van der Waals surface area contributed by atoms with Crippen molar-refractivity contribution in [1.82, 2.24) is 5.32 Å². The quantitative estimate of drug-likeness (QED) is 0.419. The van der Waals surface area contributed by atoms with Crippen LogP contribution >= 0.6 is 12.2 Å². The molecule has 0 fully saturated rings. The van der Waals surface area contributed by atoms with Crippen LogP contribution in [0.15, 0.2) is 48.5 Å². The molecular formula is C24H26N2O5S. The lowest BCUT2D eigenvalue weighted by Gasteiger charge is -2.17. The predicted octanol–water partition coefficient (Wildman–Crippen LogP) is 4.87. The highest BCUT2D eigenvalue weighted by molar-refractivity contribution is 7.80. The number of hydrogen-bond donors (Lipinski definition) is 3. The van der Waals surface area contributed by atoms with Gasteiger partial charge in [-0.2, -0.15) is 0 Å². The van der Waals surface area contributed by atoms with Crippen LogP contribution in [0.3, 0.4) is 0 Å². The molecule has 0 aliphatic heterocycles. The third-order valence-corrected chi connectivity index (χ3v) is 4.71. The van der Waals surface area contributed by atoms with E-state index >= 15 is 0 Å². The predicted molar refractivity (Wildman–Crippen MR) is 129 cm³/mol. The molecule has 0 unspecified atom stereocenters. The molecule has 0 saturated carbocycles. The molecule has 3 N–H and O–H groups in total. The Bertz CT molecular complexity index is 1110. The number of ether oxygens (including phenoxy) is 3. The molecule has 1 amide bonds. The van der Waals surface area contributed by atoms with Crippen LogP contribution in [-0.2, 0) is 0 Å². The first kappa shape index (κ1) is 23.1. The minimum absolute atomic E-state index is 0.139. The fourth-order valence-corrected chi connectivity index (χ4v) is 3.43. The van der Waals surface area contributed by atoms with Gasteiger partial charge in [0.05, 0.1) is 19.8 Å². The lowest BCUT2D eigenvalue weighted by Crippen LogP contribution is -2.34. The number of thiocarbonyl (C=S) groups is 1. The molecule has 7 nitrogen and oxygen atoms in total. The van der Waals surface area contributed by atoms with E-state index in [0.717, 1.165) is 10.8 Å². The summed E-state index contributed by atoms with van der Waals surface area (Å²) in [5.41, 5.74) is 1.04. The monoisotopic (exact) mass is 454 g/mol. The van der Waals surface area contributed by atoms with Crippen molar-refractivity contribution in [3.63, 3.8) is 0 Å². The van der Waals surface area contributed by atoms with Crippen molar-refractivity contribution < 1.29 is 24.1 Å². The second kappa shape index (κ2) is 10.7. The second-order valence-electron chi connectivity index (χ2n) is 6.72. The molecule has 3 aromatic rings. The molecule has 8 heteroatoms. The van der Waals surface area contributed by atoms with Crippen molar-refractivity contribution >= 4 is 39.7 Å². The number of fused-ring (bicyclic) bond motifs is 1. The minimum Gasteiger partial charge on any atom is -0.508 e. The maximum absolute atomic E-state index is 12.9. The Hall–Kier alpha value is -3.52. The Morgan fingerprint density at radius 1 is 0.938 bits per heavy atom. The van der Waals surface area contributed by atoms with Crippen molar-refractivity contribution in [3.8, 4) is 23.0 Å². The van der Waals surface area contributed by atoms with Crippen LogP contribution in [0.5, 0.6) is 23.0 Å². The summed E-state index contributed by atoms with van der Waals surface area (Å²) >= 11 is 5.36. The molecule has 0 spiro atoms. The van der Waals surface area contributed by atoms with Gasteiger partial charge in [0.2, 0.25) is 5.75 Å². The van der Waals surface area contributed by atoms with E-state index in [4.69, 9.17) is 26.4 Å². The maximum atomic E-state index is 12.9. The highest BCUT2D eigenvalue weighted by Crippen LogP contribution is 2.39. The number of anilines is 1. The van der Waals surface area contributed by atoms with Gasteiger partial charge in [-0.25, -0.2) is 0 Å². The number of nitrogens with one attached hydrogen (secondary N) is 2. The first-order valence-electron chi connectivity index (χ1n) is 10.4. The second-order valence-corrected chi connectivity index (χ2v) is 7.13. The number of carbonyl (C=O) groups excluding carboxylic acids is 1. The van der Waals surface area contributed by atoms with E-state index in [-0.39, 0.29) is 10.9 Å². The van der Waals surface area contributed by atoms with E-state index in [1.165, 1.54) is 0 Å². The molecule has 0 aliphatic carbocycles. The molecule has 0 heterocycles. The Labute approximate surface area is 192 Å². The molecule has 3 aromatic carbocycles. The SMILES string of the molecule is CCOc1cc(C(=O)NC(=S)Nc2cccc3cc(O)ccc23)cc(OCC)c1OCC. The van der Waals surface area contributed by atoms with Gasteiger partial charge in [0.1, 0.15) is 5.75 Å². The summed E-state index contributed by atoms with van der Waals surface area (Å²) in [4.78, 5) is 12.9. The standard InChI is InChI=1S/C24H26N2O5S/c1-4-29-20-13-16(14-21(30-5-2)22(20)31-6-3)23(28)26-24(32)25-19-9-7-8-15-12-17(27)10-11-18(15)19/h7-14,27H,4-6H2,1-3H3,(H2,25,26,28,32). The summed E-state index contributed by atoms with van der Waals surface area (Å²) in [6.45, 7) is 6.82. The Morgan fingerprint density at radius 3 is 2.22 bits per heavy atom. The van der Waals surface area contributed by atoms with Crippen LogP contribution in [0.4, 0.5) is 5.69 Å². The molecule has 168 valence electrons. The van der Waals surface area contributed by atoms with Crippen molar-refractivity contribution in [2.24, 2.45) is 0 Å². The van der Waals surface area contributed by atoms with E-state index in [1.807, 2.05) is 39.0 Å². The van der Waals surface area contributed by atoms with Crippen molar-refractivity contribution in [1.29, 1.82) is 0 Å². The Morgan fingerprint density at radius 2 is 1.59 bits per heavy atom. The number of phenolic OH excluding ortho intramolecular Hbond substituents is 1. The van der Waals surface area contributed by atoms with Crippen molar-refractivity contribution in [2.75, 3.05) is 25.1 Å². The van der Waals surface area contributed by atoms with Gasteiger partial charge in [-0.05, 0) is 74.8 Å². The average molecular weight is 455 g/mol. The van der Waals surface area contributed by atoms with E-state index in [0.29, 0.717) is 48.3 Å². The van der Waals surface area contributed by atoms with E-state index < -0.39 is 5.91 Å². The summed E-state index contributed by atoms with van der Waals surface area (Å²) in [5, 5.41) is 17.3. The van der Waals surface area contributed by atoms with E-state index in [9.17, 15) is 9.90 Å². The Kier molecular flexibility index (Phi) is 7.72. The van der Waals surface area contributed by atoms with Crippen LogP contribution in [0, 0.1) is 0 Å². The minimum atomic E-state index is -0.412.